The third-order valence-corrected chi connectivity index (χ3v) is 4.33. The van der Waals surface area contributed by atoms with Gasteiger partial charge in [-0.1, -0.05) is 30.3 Å². The van der Waals surface area contributed by atoms with Crippen molar-refractivity contribution in [2.75, 3.05) is 19.8 Å². The summed E-state index contributed by atoms with van der Waals surface area (Å²) in [6.07, 6.45) is 0.363. The number of rotatable bonds is 8. The van der Waals surface area contributed by atoms with Crippen LogP contribution in [-0.4, -0.2) is 60.7 Å². The average molecular weight is 406 g/mol. The predicted molar refractivity (Wildman–Crippen MR) is 102 cm³/mol. The van der Waals surface area contributed by atoms with Crippen LogP contribution in [0.1, 0.15) is 32.3 Å². The number of carbonyl (C=O) groups excluding carboxylic acids is 4. The molecule has 1 fully saturated rings. The van der Waals surface area contributed by atoms with Crippen LogP contribution in [0.2, 0.25) is 0 Å². The zero-order valence-corrected chi connectivity index (χ0v) is 16.6. The molecule has 0 aromatic heterocycles. The van der Waals surface area contributed by atoms with Crippen molar-refractivity contribution in [1.82, 2.24) is 10.2 Å². The maximum atomic E-state index is 12.7. The lowest BCUT2D eigenvalue weighted by atomic mass is 10.2. The van der Waals surface area contributed by atoms with Gasteiger partial charge in [0.2, 0.25) is 11.9 Å². The summed E-state index contributed by atoms with van der Waals surface area (Å²) in [6.45, 7) is 3.69. The SMILES string of the molecule is CCOC(=O)C(NC(=O)[C@H]1CCCN1C(=O)OCc1ccccc1)C(=O)OCC. The Morgan fingerprint density at radius 1 is 1.03 bits per heavy atom. The molecule has 158 valence electrons. The Morgan fingerprint density at radius 2 is 1.66 bits per heavy atom. The Bertz CT molecular complexity index is 705. The number of esters is 2. The van der Waals surface area contributed by atoms with Crippen LogP contribution >= 0.6 is 0 Å². The molecule has 1 aliphatic rings. The molecule has 1 saturated heterocycles. The van der Waals surface area contributed by atoms with E-state index in [0.29, 0.717) is 19.4 Å². The van der Waals surface area contributed by atoms with Gasteiger partial charge in [0.05, 0.1) is 13.2 Å². The van der Waals surface area contributed by atoms with Gasteiger partial charge >= 0.3 is 18.0 Å². The van der Waals surface area contributed by atoms with Gasteiger partial charge in [-0.25, -0.2) is 14.4 Å². The predicted octanol–water partition coefficient (Wildman–Crippen LogP) is 1.40. The summed E-state index contributed by atoms with van der Waals surface area (Å²) in [7, 11) is 0. The van der Waals surface area contributed by atoms with E-state index in [0.717, 1.165) is 5.56 Å². The maximum absolute atomic E-state index is 12.7. The molecule has 0 spiro atoms. The minimum atomic E-state index is -1.58. The number of amides is 2. The van der Waals surface area contributed by atoms with Gasteiger partial charge in [0.15, 0.2) is 0 Å². The second kappa shape index (κ2) is 11.0. The second-order valence-electron chi connectivity index (χ2n) is 6.34. The molecule has 1 aliphatic heterocycles. The zero-order chi connectivity index (χ0) is 21.2. The van der Waals surface area contributed by atoms with Crippen LogP contribution in [0.5, 0.6) is 0 Å². The molecule has 0 saturated carbocycles. The van der Waals surface area contributed by atoms with Crippen molar-refractivity contribution in [2.45, 2.75) is 45.4 Å². The van der Waals surface area contributed by atoms with Crippen LogP contribution in [0.25, 0.3) is 0 Å². The maximum Gasteiger partial charge on any atom is 0.410 e. The average Bonchev–Trinajstić information content (AvgIpc) is 3.21. The van der Waals surface area contributed by atoms with Crippen LogP contribution in [0.15, 0.2) is 30.3 Å². The van der Waals surface area contributed by atoms with E-state index in [1.165, 1.54) is 4.90 Å². The van der Waals surface area contributed by atoms with E-state index in [1.54, 1.807) is 13.8 Å². The molecule has 1 aromatic carbocycles. The highest BCUT2D eigenvalue weighted by Gasteiger charge is 2.39. The van der Waals surface area contributed by atoms with Crippen LogP contribution in [0, 0.1) is 0 Å². The lowest BCUT2D eigenvalue weighted by molar-refractivity contribution is -0.159. The number of hydrogen-bond acceptors (Lipinski definition) is 7. The largest absolute Gasteiger partial charge is 0.464 e. The zero-order valence-electron chi connectivity index (χ0n) is 16.6. The molecule has 1 heterocycles. The Labute approximate surface area is 169 Å². The van der Waals surface area contributed by atoms with Gasteiger partial charge in [0.1, 0.15) is 12.6 Å². The van der Waals surface area contributed by atoms with E-state index >= 15 is 0 Å². The molecule has 9 heteroatoms. The molecular weight excluding hydrogens is 380 g/mol. The molecule has 1 aromatic rings. The monoisotopic (exact) mass is 406 g/mol. The topological polar surface area (TPSA) is 111 Å². The standard InChI is InChI=1S/C20H26N2O7/c1-3-27-18(24)16(19(25)28-4-2)21-17(23)15-11-8-12-22(15)20(26)29-13-14-9-6-5-7-10-14/h5-7,9-10,15-16H,3-4,8,11-13H2,1-2H3,(H,21,23)/t15-/m1/s1. The summed E-state index contributed by atoms with van der Waals surface area (Å²) in [5.41, 5.74) is 0.825. The Balaban J connectivity index is 2.00. The molecule has 1 N–H and O–H groups in total. The lowest BCUT2D eigenvalue weighted by Gasteiger charge is -2.25. The van der Waals surface area contributed by atoms with Gasteiger partial charge in [-0.3, -0.25) is 9.69 Å². The molecule has 9 nitrogen and oxygen atoms in total. The van der Waals surface area contributed by atoms with Crippen LogP contribution in [0.3, 0.4) is 0 Å². The first-order valence-electron chi connectivity index (χ1n) is 9.58. The highest BCUT2D eigenvalue weighted by Crippen LogP contribution is 2.19. The fraction of sp³-hybridized carbons (Fsp3) is 0.500. The van der Waals surface area contributed by atoms with Crippen molar-refractivity contribution < 1.29 is 33.4 Å². The summed E-state index contributed by atoms with van der Waals surface area (Å²) in [4.78, 5) is 50.5. The molecule has 0 unspecified atom stereocenters. The van der Waals surface area contributed by atoms with Crippen molar-refractivity contribution in [3.05, 3.63) is 35.9 Å². The quantitative estimate of drug-likeness (QED) is 0.395. The molecule has 1 atom stereocenters. The number of ether oxygens (including phenoxy) is 3. The van der Waals surface area contributed by atoms with Gasteiger partial charge < -0.3 is 19.5 Å². The number of benzene rings is 1. The second-order valence-corrected chi connectivity index (χ2v) is 6.34. The van der Waals surface area contributed by atoms with Gasteiger partial charge in [0, 0.05) is 6.54 Å². The van der Waals surface area contributed by atoms with Gasteiger partial charge in [-0.15, -0.1) is 0 Å². The molecular formula is C20H26N2O7. The molecule has 29 heavy (non-hydrogen) atoms. The first-order chi connectivity index (χ1) is 14.0. The molecule has 0 aliphatic carbocycles. The van der Waals surface area contributed by atoms with Crippen LogP contribution in [0.4, 0.5) is 4.79 Å². The Morgan fingerprint density at radius 3 is 2.24 bits per heavy atom. The smallest absolute Gasteiger partial charge is 0.410 e. The van der Waals surface area contributed by atoms with Crippen LogP contribution < -0.4 is 5.32 Å². The van der Waals surface area contributed by atoms with E-state index in [2.05, 4.69) is 5.32 Å². The number of likely N-dealkylation sites (tertiary alicyclic amines) is 1. The summed E-state index contributed by atoms with van der Waals surface area (Å²) in [5, 5.41) is 2.35. The fourth-order valence-corrected chi connectivity index (χ4v) is 2.96. The highest BCUT2D eigenvalue weighted by molar-refractivity contribution is 6.03. The molecule has 0 radical (unpaired) electrons. The lowest BCUT2D eigenvalue weighted by Crippen LogP contribution is -2.54. The third-order valence-electron chi connectivity index (χ3n) is 4.33. The van der Waals surface area contributed by atoms with E-state index in [9.17, 15) is 19.2 Å². The van der Waals surface area contributed by atoms with Crippen molar-refractivity contribution >= 4 is 23.9 Å². The van der Waals surface area contributed by atoms with E-state index in [4.69, 9.17) is 14.2 Å². The number of nitrogens with one attached hydrogen (secondary N) is 1. The molecule has 0 bridgehead atoms. The van der Waals surface area contributed by atoms with E-state index in [1.807, 2.05) is 30.3 Å². The van der Waals surface area contributed by atoms with Crippen molar-refractivity contribution in [2.24, 2.45) is 0 Å². The van der Waals surface area contributed by atoms with Gasteiger partial charge in [-0.05, 0) is 32.3 Å². The summed E-state index contributed by atoms with van der Waals surface area (Å²) in [5.74, 6) is -2.45. The Kier molecular flexibility index (Phi) is 8.45. The fourth-order valence-electron chi connectivity index (χ4n) is 2.96. The van der Waals surface area contributed by atoms with Gasteiger partial charge in [0.25, 0.3) is 0 Å². The summed E-state index contributed by atoms with van der Waals surface area (Å²) >= 11 is 0. The normalized spacial score (nSPS) is 15.7. The minimum Gasteiger partial charge on any atom is -0.464 e. The first kappa shape index (κ1) is 22.2. The van der Waals surface area contributed by atoms with Crippen molar-refractivity contribution in [3.63, 3.8) is 0 Å². The van der Waals surface area contributed by atoms with Crippen LogP contribution in [-0.2, 0) is 35.2 Å². The third kappa shape index (κ3) is 6.20. The Hall–Kier alpha value is -3.10. The number of carbonyl (C=O) groups is 4. The van der Waals surface area contributed by atoms with Crippen molar-refractivity contribution in [3.8, 4) is 0 Å². The van der Waals surface area contributed by atoms with E-state index < -0.39 is 36.0 Å². The molecule has 2 rings (SSSR count). The van der Waals surface area contributed by atoms with Gasteiger partial charge in [-0.2, -0.15) is 0 Å². The van der Waals surface area contributed by atoms with Crippen molar-refractivity contribution in [1.29, 1.82) is 0 Å². The minimum absolute atomic E-state index is 0.0476. The van der Waals surface area contributed by atoms with E-state index in [-0.39, 0.29) is 19.8 Å². The number of hydrogen-bond donors (Lipinski definition) is 1. The first-order valence-corrected chi connectivity index (χ1v) is 9.58. The molecule has 2 amide bonds. The number of nitrogens with zero attached hydrogens (tertiary/aromatic N) is 1. The highest BCUT2D eigenvalue weighted by atomic mass is 16.6. The summed E-state index contributed by atoms with van der Waals surface area (Å²) < 4.78 is 15.0. The summed E-state index contributed by atoms with van der Waals surface area (Å²) in [6, 6.07) is 6.75.